The summed E-state index contributed by atoms with van der Waals surface area (Å²) in [6.07, 6.45) is 6.00. The van der Waals surface area contributed by atoms with Gasteiger partial charge in [-0.2, -0.15) is 5.10 Å². The van der Waals surface area contributed by atoms with Crippen LogP contribution in [0.2, 0.25) is 0 Å². The molecule has 0 saturated heterocycles. The molecule has 0 atom stereocenters. The van der Waals surface area contributed by atoms with E-state index in [-0.39, 0.29) is 0 Å². The second-order valence-corrected chi connectivity index (χ2v) is 2.48. The van der Waals surface area contributed by atoms with Crippen LogP contribution in [0.4, 0.5) is 0 Å². The van der Waals surface area contributed by atoms with Gasteiger partial charge in [-0.05, 0) is 6.08 Å². The van der Waals surface area contributed by atoms with E-state index in [2.05, 4.69) is 27.8 Å². The van der Waals surface area contributed by atoms with E-state index in [0.29, 0.717) is 0 Å². The Labute approximate surface area is 58.1 Å². The van der Waals surface area contributed by atoms with Crippen LogP contribution in [-0.4, -0.2) is 22.8 Å². The Balaban J connectivity index is 2.17. The number of allylic oxidation sites excluding steroid dienone is 2. The highest BCUT2D eigenvalue weighted by atomic mass is 15.7. The van der Waals surface area contributed by atoms with E-state index in [0.717, 1.165) is 6.67 Å². The van der Waals surface area contributed by atoms with Crippen molar-refractivity contribution in [3.63, 3.8) is 0 Å². The fraction of sp³-hybridized carbons (Fsp3) is 0.167. The predicted molar refractivity (Wildman–Crippen MR) is 36.3 cm³/mol. The first-order chi connectivity index (χ1) is 4.95. The highest BCUT2D eigenvalue weighted by Crippen LogP contribution is 2.30. The third-order valence-electron chi connectivity index (χ3n) is 1.93. The Morgan fingerprint density at radius 3 is 3.30 bits per heavy atom. The number of fused-ring (bicyclic) bond motifs is 2. The molecule has 0 aromatic rings. The van der Waals surface area contributed by atoms with E-state index in [4.69, 9.17) is 0 Å². The topological polar surface area (TPSA) is 30.9 Å². The van der Waals surface area contributed by atoms with Gasteiger partial charge in [0.05, 0.1) is 11.9 Å². The number of nitrogens with one attached hydrogen (secondary N) is 1. The van der Waals surface area contributed by atoms with Gasteiger partial charge in [-0.15, -0.1) is 0 Å². The van der Waals surface area contributed by atoms with Crippen molar-refractivity contribution in [2.75, 3.05) is 6.67 Å². The highest BCUT2D eigenvalue weighted by Gasteiger charge is 2.31. The van der Waals surface area contributed by atoms with Crippen LogP contribution in [0.3, 0.4) is 0 Å². The van der Waals surface area contributed by atoms with Crippen LogP contribution < -0.4 is 5.53 Å². The predicted octanol–water partition coefficient (Wildman–Crippen LogP) is -0.196. The summed E-state index contributed by atoms with van der Waals surface area (Å²) in [5.41, 5.74) is 5.34. The van der Waals surface area contributed by atoms with Crippen molar-refractivity contribution in [2.45, 2.75) is 0 Å². The lowest BCUT2D eigenvalue weighted by molar-refractivity contribution is 0.237. The molecule has 0 radical (unpaired) electrons. The summed E-state index contributed by atoms with van der Waals surface area (Å²) >= 11 is 0. The lowest BCUT2D eigenvalue weighted by Gasteiger charge is -2.22. The third-order valence-corrected chi connectivity index (χ3v) is 1.93. The Kier molecular flexibility index (Phi) is 0.518. The molecule has 3 rings (SSSR count). The van der Waals surface area contributed by atoms with Crippen LogP contribution in [0.25, 0.3) is 0 Å². The van der Waals surface area contributed by atoms with Crippen LogP contribution in [0.5, 0.6) is 0 Å². The molecular weight excluding hydrogens is 128 g/mol. The molecule has 10 heavy (non-hydrogen) atoms. The fourth-order valence-corrected chi connectivity index (χ4v) is 1.36. The summed E-state index contributed by atoms with van der Waals surface area (Å²) in [7, 11) is 0. The zero-order chi connectivity index (χ0) is 6.55. The molecule has 0 unspecified atom stereocenters. The molecule has 0 bridgehead atoms. The van der Waals surface area contributed by atoms with Gasteiger partial charge in [0.25, 0.3) is 0 Å². The maximum absolute atomic E-state index is 3.92. The summed E-state index contributed by atoms with van der Waals surface area (Å²) in [5.74, 6) is 0. The Morgan fingerprint density at radius 2 is 2.50 bits per heavy atom. The van der Waals surface area contributed by atoms with Gasteiger partial charge < -0.3 is 4.90 Å². The first kappa shape index (κ1) is 4.38. The molecule has 3 aliphatic rings. The van der Waals surface area contributed by atoms with Gasteiger partial charge in [0.2, 0.25) is 0 Å². The highest BCUT2D eigenvalue weighted by molar-refractivity contribution is 5.82. The van der Waals surface area contributed by atoms with Gasteiger partial charge in [-0.1, -0.05) is 0 Å². The molecule has 4 heteroatoms. The second kappa shape index (κ2) is 1.18. The monoisotopic (exact) mass is 134 g/mol. The Hall–Kier alpha value is -1.45. The van der Waals surface area contributed by atoms with Gasteiger partial charge in [-0.25, -0.2) is 10.5 Å². The van der Waals surface area contributed by atoms with Gasteiger partial charge in [0, 0.05) is 6.20 Å². The summed E-state index contributed by atoms with van der Waals surface area (Å²) < 4.78 is 0. The van der Waals surface area contributed by atoms with Gasteiger partial charge >= 0.3 is 0 Å². The molecule has 0 aromatic heterocycles. The molecule has 0 spiro atoms. The standard InChI is InChI=1S/C6H6N4/c1-2-9-4-10-6(5(1)9)3-7-8-10/h1-3,8H,4H2. The van der Waals surface area contributed by atoms with Crippen molar-refractivity contribution in [1.82, 2.24) is 15.4 Å². The number of hydrogen-bond donors (Lipinski definition) is 1. The Morgan fingerprint density at radius 1 is 1.50 bits per heavy atom. The molecule has 0 saturated carbocycles. The summed E-state index contributed by atoms with van der Waals surface area (Å²) in [5, 5.41) is 5.93. The first-order valence-electron chi connectivity index (χ1n) is 3.20. The molecule has 50 valence electrons. The zero-order valence-corrected chi connectivity index (χ0v) is 5.28. The zero-order valence-electron chi connectivity index (χ0n) is 5.28. The molecule has 0 amide bonds. The molecule has 0 aromatic carbocycles. The number of hydrogen-bond acceptors (Lipinski definition) is 4. The van der Waals surface area contributed by atoms with Crippen molar-refractivity contribution >= 4 is 6.21 Å². The van der Waals surface area contributed by atoms with Crippen LogP contribution in [0, 0.1) is 0 Å². The third kappa shape index (κ3) is 0.309. The van der Waals surface area contributed by atoms with E-state index in [1.54, 1.807) is 0 Å². The number of hydrazine groups is 1. The largest absolute Gasteiger partial charge is 0.326 e. The van der Waals surface area contributed by atoms with E-state index in [1.165, 1.54) is 11.4 Å². The average molecular weight is 134 g/mol. The lowest BCUT2D eigenvalue weighted by Crippen LogP contribution is -2.31. The van der Waals surface area contributed by atoms with Gasteiger partial charge in [-0.3, -0.25) is 0 Å². The minimum Gasteiger partial charge on any atom is -0.326 e. The summed E-state index contributed by atoms with van der Waals surface area (Å²) in [6, 6.07) is 0. The SMILES string of the molecule is C1=CN2CN3NN=CC3=C12. The number of nitrogens with zero attached hydrogens (tertiary/aromatic N) is 3. The van der Waals surface area contributed by atoms with Crippen molar-refractivity contribution in [3.05, 3.63) is 23.7 Å². The molecule has 0 fully saturated rings. The average Bonchev–Trinajstić information content (AvgIpc) is 2.35. The van der Waals surface area contributed by atoms with Crippen LogP contribution >= 0.6 is 0 Å². The quantitative estimate of drug-likeness (QED) is 0.498. The minimum absolute atomic E-state index is 0.890. The van der Waals surface area contributed by atoms with E-state index in [1.807, 2.05) is 11.2 Å². The first-order valence-corrected chi connectivity index (χ1v) is 3.20. The second-order valence-electron chi connectivity index (χ2n) is 2.48. The van der Waals surface area contributed by atoms with Crippen molar-refractivity contribution in [3.8, 4) is 0 Å². The van der Waals surface area contributed by atoms with E-state index < -0.39 is 0 Å². The molecule has 3 heterocycles. The van der Waals surface area contributed by atoms with Crippen molar-refractivity contribution in [1.29, 1.82) is 0 Å². The summed E-state index contributed by atoms with van der Waals surface area (Å²) in [6.45, 7) is 0.890. The maximum Gasteiger partial charge on any atom is 0.116 e. The van der Waals surface area contributed by atoms with Gasteiger partial charge in [0.1, 0.15) is 12.4 Å². The fourth-order valence-electron chi connectivity index (χ4n) is 1.36. The molecule has 4 nitrogen and oxygen atoms in total. The number of rotatable bonds is 0. The van der Waals surface area contributed by atoms with Crippen molar-refractivity contribution in [2.24, 2.45) is 5.10 Å². The van der Waals surface area contributed by atoms with Crippen LogP contribution in [0.15, 0.2) is 28.8 Å². The van der Waals surface area contributed by atoms with Crippen LogP contribution in [0.1, 0.15) is 0 Å². The van der Waals surface area contributed by atoms with E-state index in [9.17, 15) is 0 Å². The smallest absolute Gasteiger partial charge is 0.116 e. The molecular formula is C6H6N4. The molecule has 3 aliphatic heterocycles. The van der Waals surface area contributed by atoms with E-state index >= 15 is 0 Å². The maximum atomic E-state index is 3.92. The molecule has 1 N–H and O–H groups in total. The minimum atomic E-state index is 0.890. The Bertz CT molecular complexity index is 275. The van der Waals surface area contributed by atoms with Crippen molar-refractivity contribution < 1.29 is 0 Å². The normalized spacial score (nSPS) is 24.8. The number of hydrazone groups is 1. The summed E-state index contributed by atoms with van der Waals surface area (Å²) in [4.78, 5) is 2.17. The van der Waals surface area contributed by atoms with Crippen LogP contribution in [-0.2, 0) is 0 Å². The van der Waals surface area contributed by atoms with Gasteiger partial charge in [0.15, 0.2) is 0 Å². The molecule has 0 aliphatic carbocycles. The lowest BCUT2D eigenvalue weighted by atomic mass is 10.2.